The number of alkyl halides is 2. The van der Waals surface area contributed by atoms with E-state index < -0.39 is 16.3 Å². The van der Waals surface area contributed by atoms with Crippen LogP contribution in [0.25, 0.3) is 21.1 Å². The number of rotatable bonds is 4. The Morgan fingerprint density at radius 1 is 1.37 bits per heavy atom. The van der Waals surface area contributed by atoms with Crippen LogP contribution in [-0.2, 0) is 11.5 Å². The highest BCUT2D eigenvalue weighted by Crippen LogP contribution is 2.37. The molecule has 0 fully saturated rings. The van der Waals surface area contributed by atoms with E-state index >= 15 is 0 Å². The zero-order valence-electron chi connectivity index (χ0n) is 15.7. The van der Waals surface area contributed by atoms with E-state index in [0.29, 0.717) is 31.8 Å². The summed E-state index contributed by atoms with van der Waals surface area (Å²) in [6.07, 6.45) is 1.58. The van der Waals surface area contributed by atoms with E-state index in [2.05, 4.69) is 31.3 Å². The van der Waals surface area contributed by atoms with Gasteiger partial charge in [-0.25, -0.2) is 14.1 Å². The van der Waals surface area contributed by atoms with Crippen molar-refractivity contribution in [2.24, 2.45) is 0 Å². The van der Waals surface area contributed by atoms with Crippen LogP contribution >= 0.6 is 27.3 Å². The Hall–Kier alpha value is -1.81. The van der Waals surface area contributed by atoms with Gasteiger partial charge in [-0.2, -0.15) is 5.10 Å². The Kier molecular flexibility index (Phi) is 4.92. The van der Waals surface area contributed by atoms with E-state index in [-0.39, 0.29) is 11.8 Å². The number of carbonyl (C=O) groups excluding carboxylic acids is 2. The third-order valence-electron chi connectivity index (χ3n) is 4.03. The van der Waals surface area contributed by atoms with Gasteiger partial charge in [0, 0.05) is 16.3 Å². The van der Waals surface area contributed by atoms with E-state index in [1.165, 1.54) is 16.0 Å². The minimum absolute atomic E-state index is 0.180. The summed E-state index contributed by atoms with van der Waals surface area (Å²) in [5.74, 6) is -0.432. The molecule has 0 aliphatic heterocycles. The fourth-order valence-electron chi connectivity index (χ4n) is 2.51. The lowest BCUT2D eigenvalue weighted by Crippen LogP contribution is -2.30. The monoisotopic (exact) mass is 452 g/mol. The van der Waals surface area contributed by atoms with Crippen LogP contribution in [0.5, 0.6) is 0 Å². The van der Waals surface area contributed by atoms with Crippen LogP contribution in [0.15, 0.2) is 12.3 Å². The highest BCUT2D eigenvalue weighted by molar-refractivity contribution is 9.10. The molecular weight excluding hydrogens is 434 g/mol. The van der Waals surface area contributed by atoms with Gasteiger partial charge in [-0.1, -0.05) is 41.1 Å². The summed E-state index contributed by atoms with van der Waals surface area (Å²) in [7, 11) is 1.81. The number of nitrogens with zero attached hydrogens (tertiary/aromatic N) is 3. The molecule has 1 N–H and O–H groups in total. The molecule has 0 spiro atoms. The molecule has 2 aromatic heterocycles. The summed E-state index contributed by atoms with van der Waals surface area (Å²) < 4.78 is 14.9. The van der Waals surface area contributed by atoms with Gasteiger partial charge in [0.05, 0.1) is 26.3 Å². The summed E-state index contributed by atoms with van der Waals surface area (Å²) in [4.78, 5) is 29.3. The number of carbonyl (C=O) groups is 2. The van der Waals surface area contributed by atoms with Crippen LogP contribution in [0, 0.1) is 0 Å². The number of aromatic nitrogens is 3. The predicted octanol–water partition coefficient (Wildman–Crippen LogP) is 3.70. The van der Waals surface area contributed by atoms with Gasteiger partial charge in [0.1, 0.15) is 14.5 Å². The topological polar surface area (TPSA) is 76.9 Å². The van der Waals surface area contributed by atoms with Gasteiger partial charge in [0.2, 0.25) is 11.8 Å². The van der Waals surface area contributed by atoms with Crippen LogP contribution < -0.4 is 5.32 Å². The molecule has 2 heterocycles. The Morgan fingerprint density at radius 2 is 2.04 bits per heavy atom. The second-order valence-corrected chi connectivity index (χ2v) is 10.8. The zero-order valence-corrected chi connectivity index (χ0v) is 18.1. The van der Waals surface area contributed by atoms with Crippen LogP contribution in [0.4, 0.5) is 9.52 Å². The van der Waals surface area contributed by atoms with E-state index in [4.69, 9.17) is 0 Å². The molecule has 0 bridgehead atoms. The minimum Gasteiger partial charge on any atom is -0.301 e. The van der Waals surface area contributed by atoms with Gasteiger partial charge in [0.25, 0.3) is 0 Å². The molecule has 6 nitrogen and oxygen atoms in total. The SMILES string of the molecule is BC(C)(C)C(=O)n1ncc2c3sc(NC(=O)C(C)(C)Br)nc3c(CF)cc21. The molecule has 0 radical (unpaired) electrons. The average Bonchev–Trinajstić information content (AvgIpc) is 3.14. The summed E-state index contributed by atoms with van der Waals surface area (Å²) in [6, 6.07) is 1.61. The van der Waals surface area contributed by atoms with Gasteiger partial charge in [-0.15, -0.1) is 0 Å². The smallest absolute Gasteiger partial charge is 0.244 e. The van der Waals surface area contributed by atoms with Crippen LogP contribution in [0.1, 0.15) is 38.1 Å². The number of halogens is 2. The molecule has 27 heavy (non-hydrogen) atoms. The first-order chi connectivity index (χ1) is 12.4. The number of benzene rings is 1. The number of thiazole rings is 1. The first kappa shape index (κ1) is 19.9. The van der Waals surface area contributed by atoms with Crippen molar-refractivity contribution < 1.29 is 14.0 Å². The fraction of sp³-hybridized carbons (Fsp3) is 0.412. The highest BCUT2D eigenvalue weighted by Gasteiger charge is 2.28. The van der Waals surface area contributed by atoms with Crippen molar-refractivity contribution >= 4 is 73.2 Å². The highest BCUT2D eigenvalue weighted by atomic mass is 79.9. The zero-order chi connectivity index (χ0) is 20.1. The normalized spacial score (nSPS) is 12.7. The molecule has 1 aromatic carbocycles. The Morgan fingerprint density at radius 3 is 2.59 bits per heavy atom. The maximum atomic E-state index is 13.7. The first-order valence-corrected chi connectivity index (χ1v) is 9.95. The van der Waals surface area contributed by atoms with Crippen molar-refractivity contribution in [3.05, 3.63) is 17.8 Å². The van der Waals surface area contributed by atoms with Crippen molar-refractivity contribution in [2.45, 2.75) is 44.0 Å². The number of anilines is 1. The molecule has 3 aromatic rings. The molecule has 0 saturated carbocycles. The molecular formula is C17H19BBrFN4O2S. The molecule has 0 saturated heterocycles. The average molecular weight is 453 g/mol. The maximum absolute atomic E-state index is 13.7. The van der Waals surface area contributed by atoms with Gasteiger partial charge >= 0.3 is 0 Å². The number of nitrogens with one attached hydrogen (secondary N) is 1. The van der Waals surface area contributed by atoms with E-state index in [1.807, 2.05) is 0 Å². The molecule has 0 aliphatic rings. The lowest BCUT2D eigenvalue weighted by Gasteiger charge is -2.16. The van der Waals surface area contributed by atoms with E-state index in [9.17, 15) is 14.0 Å². The second-order valence-electron chi connectivity index (χ2n) is 7.84. The lowest BCUT2D eigenvalue weighted by molar-refractivity contribution is -0.117. The molecule has 3 rings (SSSR count). The van der Waals surface area contributed by atoms with Crippen LogP contribution in [0.2, 0.25) is 5.31 Å². The minimum atomic E-state index is -0.757. The van der Waals surface area contributed by atoms with E-state index in [0.717, 1.165) is 0 Å². The number of fused-ring (bicyclic) bond motifs is 3. The Balaban J connectivity index is 2.18. The standard InChI is InChI=1S/C17H19BBrFN4O2S/c1-16(2,18)14(26)24-10-5-8(6-20)11-12(9(10)7-21-24)27-15(22-11)23-13(25)17(3,4)19/h5,7H,6,18H2,1-4H3,(H,22,23,25). The number of amides is 1. The third kappa shape index (κ3) is 3.64. The molecule has 0 atom stereocenters. The molecule has 10 heteroatoms. The second kappa shape index (κ2) is 6.66. The van der Waals surface area contributed by atoms with Crippen molar-refractivity contribution in [1.82, 2.24) is 14.8 Å². The fourth-order valence-corrected chi connectivity index (χ4v) is 3.62. The Labute approximate surface area is 169 Å². The summed E-state index contributed by atoms with van der Waals surface area (Å²) in [5, 5.41) is 7.42. The molecule has 1 amide bonds. The van der Waals surface area contributed by atoms with Gasteiger partial charge in [0.15, 0.2) is 5.13 Å². The third-order valence-corrected chi connectivity index (χ3v) is 5.40. The van der Waals surface area contributed by atoms with Crippen LogP contribution in [-0.4, -0.2) is 38.7 Å². The van der Waals surface area contributed by atoms with E-state index in [1.54, 1.807) is 47.8 Å². The Bertz CT molecular complexity index is 1060. The van der Waals surface area contributed by atoms with Gasteiger partial charge < -0.3 is 5.32 Å². The van der Waals surface area contributed by atoms with Crippen LogP contribution in [0.3, 0.4) is 0 Å². The van der Waals surface area contributed by atoms with Gasteiger partial charge in [-0.3, -0.25) is 9.59 Å². The summed E-state index contributed by atoms with van der Waals surface area (Å²) >= 11 is 4.54. The number of hydrogen-bond acceptors (Lipinski definition) is 5. The maximum Gasteiger partial charge on any atom is 0.244 e. The summed E-state index contributed by atoms with van der Waals surface area (Å²) in [5.41, 5.74) is 1.37. The largest absolute Gasteiger partial charge is 0.301 e. The van der Waals surface area contributed by atoms with Crippen molar-refractivity contribution in [3.63, 3.8) is 0 Å². The molecule has 0 aliphatic carbocycles. The summed E-state index contributed by atoms with van der Waals surface area (Å²) in [6.45, 7) is 6.33. The predicted molar refractivity (Wildman–Crippen MR) is 113 cm³/mol. The molecule has 0 unspecified atom stereocenters. The van der Waals surface area contributed by atoms with Crippen molar-refractivity contribution in [1.29, 1.82) is 0 Å². The number of hydrogen-bond donors (Lipinski definition) is 1. The van der Waals surface area contributed by atoms with Crippen molar-refractivity contribution in [2.75, 3.05) is 5.32 Å². The molecule has 142 valence electrons. The van der Waals surface area contributed by atoms with Gasteiger partial charge in [-0.05, 0) is 19.9 Å². The first-order valence-electron chi connectivity index (χ1n) is 8.34. The van der Waals surface area contributed by atoms with Crippen molar-refractivity contribution in [3.8, 4) is 0 Å². The lowest BCUT2D eigenvalue weighted by atomic mass is 9.72. The quantitative estimate of drug-likeness (QED) is 0.483.